The molecule has 2 aromatic heterocycles. The van der Waals surface area contributed by atoms with E-state index in [2.05, 4.69) is 20.6 Å². The lowest BCUT2D eigenvalue weighted by molar-refractivity contribution is -0.124. The molecule has 0 bridgehead atoms. The number of anilines is 2. The first-order chi connectivity index (χ1) is 18.7. The monoisotopic (exact) mass is 529 g/mol. The number of carbonyl (C=O) groups excluding carboxylic acids is 1. The molecule has 3 N–H and O–H groups in total. The molecule has 4 aromatic rings. The number of ether oxygens (including phenoxy) is 2. The molecule has 2 heterocycles. The SMILES string of the molecule is Cc1cc(Nc2ncnc3ccn(CCNC(=O)CC(C)(C)O)c23)ccc1Oc1cccc(OCC2CC2)c1. The van der Waals surface area contributed by atoms with Gasteiger partial charge in [-0.2, -0.15) is 0 Å². The Balaban J connectivity index is 1.25. The van der Waals surface area contributed by atoms with E-state index in [1.165, 1.54) is 19.2 Å². The highest BCUT2D eigenvalue weighted by Gasteiger charge is 2.22. The summed E-state index contributed by atoms with van der Waals surface area (Å²) in [4.78, 5) is 20.9. The van der Waals surface area contributed by atoms with Crippen molar-refractivity contribution in [2.45, 2.75) is 52.2 Å². The molecule has 2 aromatic carbocycles. The van der Waals surface area contributed by atoms with Gasteiger partial charge >= 0.3 is 0 Å². The number of carbonyl (C=O) groups is 1. The number of fused-ring (bicyclic) bond motifs is 1. The van der Waals surface area contributed by atoms with Crippen LogP contribution < -0.4 is 20.1 Å². The van der Waals surface area contributed by atoms with Gasteiger partial charge in [-0.1, -0.05) is 6.07 Å². The molecule has 1 aliphatic carbocycles. The smallest absolute Gasteiger partial charge is 0.222 e. The fraction of sp³-hybridized carbons (Fsp3) is 0.367. The molecule has 0 aliphatic heterocycles. The summed E-state index contributed by atoms with van der Waals surface area (Å²) in [6, 6.07) is 15.6. The minimum absolute atomic E-state index is 0.0496. The first-order valence-corrected chi connectivity index (χ1v) is 13.3. The molecule has 0 spiro atoms. The largest absolute Gasteiger partial charge is 0.493 e. The number of aromatic nitrogens is 3. The average molecular weight is 530 g/mol. The third kappa shape index (κ3) is 7.26. The number of nitrogens with one attached hydrogen (secondary N) is 2. The Morgan fingerprint density at radius 3 is 2.72 bits per heavy atom. The standard InChI is InChI=1S/C30H35N5O4/c1-20-15-22(9-10-26(20)39-24-6-4-5-23(16-24)38-18-21-7-8-21)34-29-28-25(32-19-33-29)11-13-35(28)14-12-31-27(36)17-30(2,3)37/h4-6,9-11,13,15-16,19,21,37H,7-8,12,14,17-18H2,1-3H3,(H,31,36)(H,32,33,34). The normalized spacial score (nSPS) is 13.3. The zero-order valence-electron chi connectivity index (χ0n) is 22.6. The van der Waals surface area contributed by atoms with Gasteiger partial charge in [0.15, 0.2) is 5.82 Å². The number of hydrogen-bond donors (Lipinski definition) is 3. The highest BCUT2D eigenvalue weighted by Crippen LogP contribution is 2.33. The Kier molecular flexibility index (Phi) is 7.70. The Morgan fingerprint density at radius 2 is 1.95 bits per heavy atom. The minimum atomic E-state index is -1.04. The molecule has 9 heteroatoms. The van der Waals surface area contributed by atoms with E-state index in [-0.39, 0.29) is 12.3 Å². The fourth-order valence-electron chi connectivity index (χ4n) is 4.31. The first kappa shape index (κ1) is 26.5. The summed E-state index contributed by atoms with van der Waals surface area (Å²) in [6.07, 6.45) is 6.02. The first-order valence-electron chi connectivity index (χ1n) is 13.3. The van der Waals surface area contributed by atoms with Crippen molar-refractivity contribution in [2.24, 2.45) is 5.92 Å². The van der Waals surface area contributed by atoms with Gasteiger partial charge in [0.2, 0.25) is 5.91 Å². The second-order valence-corrected chi connectivity index (χ2v) is 10.7. The Labute approximate surface area is 228 Å². The van der Waals surface area contributed by atoms with Gasteiger partial charge in [0.1, 0.15) is 29.1 Å². The molecule has 1 saturated carbocycles. The van der Waals surface area contributed by atoms with Gasteiger partial charge in [-0.25, -0.2) is 9.97 Å². The number of hydrogen-bond acceptors (Lipinski definition) is 7. The van der Waals surface area contributed by atoms with Crippen LogP contribution in [-0.2, 0) is 11.3 Å². The second kappa shape index (κ2) is 11.3. The molecule has 1 fully saturated rings. The van der Waals surface area contributed by atoms with Crippen LogP contribution in [0.1, 0.15) is 38.7 Å². The third-order valence-electron chi connectivity index (χ3n) is 6.47. The molecule has 0 radical (unpaired) electrons. The zero-order chi connectivity index (χ0) is 27.4. The molecule has 204 valence electrons. The van der Waals surface area contributed by atoms with Crippen LogP contribution in [0.5, 0.6) is 17.2 Å². The van der Waals surface area contributed by atoms with E-state index in [0.717, 1.165) is 46.1 Å². The maximum absolute atomic E-state index is 12.1. The van der Waals surface area contributed by atoms with E-state index >= 15 is 0 Å². The predicted molar refractivity (Wildman–Crippen MR) is 151 cm³/mol. The lowest BCUT2D eigenvalue weighted by Crippen LogP contribution is -2.33. The van der Waals surface area contributed by atoms with Crippen molar-refractivity contribution in [1.29, 1.82) is 0 Å². The molecule has 39 heavy (non-hydrogen) atoms. The second-order valence-electron chi connectivity index (χ2n) is 10.7. The summed E-state index contributed by atoms with van der Waals surface area (Å²) in [5.74, 6) is 3.49. The van der Waals surface area contributed by atoms with Crippen molar-refractivity contribution >= 4 is 28.4 Å². The molecule has 1 aliphatic rings. The van der Waals surface area contributed by atoms with E-state index in [1.807, 2.05) is 66.2 Å². The van der Waals surface area contributed by atoms with Crippen LogP contribution >= 0.6 is 0 Å². The Morgan fingerprint density at radius 1 is 1.13 bits per heavy atom. The maximum atomic E-state index is 12.1. The molecule has 9 nitrogen and oxygen atoms in total. The van der Waals surface area contributed by atoms with Gasteiger partial charge < -0.3 is 29.8 Å². The third-order valence-corrected chi connectivity index (χ3v) is 6.47. The van der Waals surface area contributed by atoms with Gasteiger partial charge in [-0.3, -0.25) is 4.79 Å². The van der Waals surface area contributed by atoms with Crippen molar-refractivity contribution in [1.82, 2.24) is 19.9 Å². The van der Waals surface area contributed by atoms with Crippen molar-refractivity contribution in [3.8, 4) is 17.2 Å². The number of benzene rings is 2. The van der Waals surface area contributed by atoms with Gasteiger partial charge in [0.25, 0.3) is 0 Å². The quantitative estimate of drug-likeness (QED) is 0.227. The molecule has 5 rings (SSSR count). The van der Waals surface area contributed by atoms with E-state index in [0.29, 0.717) is 24.8 Å². The highest BCUT2D eigenvalue weighted by atomic mass is 16.5. The maximum Gasteiger partial charge on any atom is 0.222 e. The molecule has 0 unspecified atom stereocenters. The lowest BCUT2D eigenvalue weighted by Gasteiger charge is -2.16. The summed E-state index contributed by atoms with van der Waals surface area (Å²) in [5.41, 5.74) is 2.44. The summed E-state index contributed by atoms with van der Waals surface area (Å²) in [6.45, 7) is 6.96. The van der Waals surface area contributed by atoms with Crippen LogP contribution in [0, 0.1) is 12.8 Å². The van der Waals surface area contributed by atoms with Crippen LogP contribution in [-0.4, -0.2) is 44.3 Å². The van der Waals surface area contributed by atoms with Crippen LogP contribution in [0.4, 0.5) is 11.5 Å². The van der Waals surface area contributed by atoms with Crippen LogP contribution in [0.25, 0.3) is 11.0 Å². The van der Waals surface area contributed by atoms with Crippen LogP contribution in [0.3, 0.4) is 0 Å². The number of aryl methyl sites for hydroxylation is 1. The van der Waals surface area contributed by atoms with E-state index in [9.17, 15) is 9.90 Å². The van der Waals surface area contributed by atoms with Crippen LogP contribution in [0.2, 0.25) is 0 Å². The van der Waals surface area contributed by atoms with Crippen molar-refractivity contribution in [2.75, 3.05) is 18.5 Å². The summed E-state index contributed by atoms with van der Waals surface area (Å²) >= 11 is 0. The van der Waals surface area contributed by atoms with Crippen molar-refractivity contribution in [3.63, 3.8) is 0 Å². The summed E-state index contributed by atoms with van der Waals surface area (Å²) in [7, 11) is 0. The van der Waals surface area contributed by atoms with Crippen LogP contribution in [0.15, 0.2) is 61.1 Å². The molecular weight excluding hydrogens is 494 g/mol. The average Bonchev–Trinajstić information content (AvgIpc) is 3.62. The predicted octanol–water partition coefficient (Wildman–Crippen LogP) is 5.34. The van der Waals surface area contributed by atoms with Crippen molar-refractivity contribution in [3.05, 3.63) is 66.6 Å². The molecular formula is C30H35N5O4. The van der Waals surface area contributed by atoms with E-state index < -0.39 is 5.60 Å². The topological polar surface area (TPSA) is 111 Å². The van der Waals surface area contributed by atoms with Gasteiger partial charge in [-0.05, 0) is 81.5 Å². The number of amides is 1. The Hall–Kier alpha value is -4.11. The number of rotatable bonds is 12. The van der Waals surface area contributed by atoms with Gasteiger partial charge in [0, 0.05) is 31.0 Å². The highest BCUT2D eigenvalue weighted by molar-refractivity contribution is 5.88. The van der Waals surface area contributed by atoms with E-state index in [4.69, 9.17) is 9.47 Å². The van der Waals surface area contributed by atoms with Gasteiger partial charge in [0.05, 0.1) is 24.1 Å². The number of aliphatic hydroxyl groups is 1. The van der Waals surface area contributed by atoms with Crippen molar-refractivity contribution < 1.29 is 19.4 Å². The Bertz CT molecular complexity index is 1460. The fourth-order valence-corrected chi connectivity index (χ4v) is 4.31. The summed E-state index contributed by atoms with van der Waals surface area (Å²) < 4.78 is 14.0. The molecule has 1 amide bonds. The minimum Gasteiger partial charge on any atom is -0.493 e. The zero-order valence-corrected chi connectivity index (χ0v) is 22.6. The van der Waals surface area contributed by atoms with E-state index in [1.54, 1.807) is 13.8 Å². The lowest BCUT2D eigenvalue weighted by atomic mass is 10.1. The molecule has 0 saturated heterocycles. The summed E-state index contributed by atoms with van der Waals surface area (Å²) in [5, 5.41) is 16.1. The van der Waals surface area contributed by atoms with Gasteiger partial charge in [-0.15, -0.1) is 0 Å². The number of nitrogens with zero attached hydrogens (tertiary/aromatic N) is 3. The molecule has 0 atom stereocenters.